The lowest BCUT2D eigenvalue weighted by molar-refractivity contribution is 0.0829. The van der Waals surface area contributed by atoms with Gasteiger partial charge in [0.05, 0.1) is 11.7 Å². The first-order valence-corrected chi connectivity index (χ1v) is 11.1. The van der Waals surface area contributed by atoms with Crippen molar-refractivity contribution in [3.8, 4) is 5.75 Å². The molecule has 1 aromatic heterocycles. The molecule has 0 fully saturated rings. The number of rotatable bonds is 5. The fraction of sp³-hybridized carbons (Fsp3) is 0.278. The molecule has 0 unspecified atom stereocenters. The number of hydrogen-bond donors (Lipinski definition) is 3. The van der Waals surface area contributed by atoms with Gasteiger partial charge in [0, 0.05) is 19.5 Å². The van der Waals surface area contributed by atoms with Crippen LogP contribution in [0.2, 0.25) is 0 Å². The molecule has 2 heterocycles. The standard InChI is InChI=1S/C18H21N5O4S2/c1-4-12(11-8-6-5-7-9-11)19-16-17(22-29(26,27)21-16)20-13-10-28-15(14(13)24)18(25)23(2)3/h5-10,12,24H,4H2,1-3H3,(H,19,21)(H,20,22)/t12-/m1/s1. The molecule has 0 spiro atoms. The van der Waals surface area contributed by atoms with Crippen molar-refractivity contribution >= 4 is 44.8 Å². The van der Waals surface area contributed by atoms with E-state index < -0.39 is 10.2 Å². The largest absolute Gasteiger partial charge is 0.504 e. The van der Waals surface area contributed by atoms with Crippen LogP contribution in [0.3, 0.4) is 0 Å². The Hall–Kier alpha value is -2.92. The molecule has 1 aliphatic heterocycles. The molecule has 1 aromatic carbocycles. The van der Waals surface area contributed by atoms with Crippen LogP contribution in [0.5, 0.6) is 5.75 Å². The van der Waals surface area contributed by atoms with Crippen LogP contribution < -0.4 is 10.0 Å². The molecule has 11 heteroatoms. The number of anilines is 1. The summed E-state index contributed by atoms with van der Waals surface area (Å²) in [5.41, 5.74) is 1.11. The zero-order valence-electron chi connectivity index (χ0n) is 16.1. The fourth-order valence-electron chi connectivity index (χ4n) is 2.68. The summed E-state index contributed by atoms with van der Waals surface area (Å²) in [4.78, 5) is 18.1. The molecule has 1 amide bonds. The van der Waals surface area contributed by atoms with Crippen LogP contribution in [0.4, 0.5) is 5.69 Å². The molecule has 1 atom stereocenters. The molecule has 154 valence electrons. The molecule has 9 nitrogen and oxygen atoms in total. The van der Waals surface area contributed by atoms with Crippen molar-refractivity contribution in [1.82, 2.24) is 9.62 Å². The highest BCUT2D eigenvalue weighted by Crippen LogP contribution is 2.35. The monoisotopic (exact) mass is 435 g/mol. The predicted octanol–water partition coefficient (Wildman–Crippen LogP) is 2.36. The summed E-state index contributed by atoms with van der Waals surface area (Å²) >= 11 is 1.04. The molecule has 0 radical (unpaired) electrons. The van der Waals surface area contributed by atoms with E-state index in [1.807, 2.05) is 37.3 Å². The summed E-state index contributed by atoms with van der Waals surface area (Å²) in [5, 5.41) is 14.7. The summed E-state index contributed by atoms with van der Waals surface area (Å²) in [5.74, 6) is -0.623. The molecule has 1 aliphatic rings. The van der Waals surface area contributed by atoms with E-state index in [0.29, 0.717) is 6.42 Å². The van der Waals surface area contributed by atoms with E-state index in [0.717, 1.165) is 16.9 Å². The van der Waals surface area contributed by atoms with Crippen molar-refractivity contribution in [2.75, 3.05) is 19.4 Å². The average molecular weight is 436 g/mol. The van der Waals surface area contributed by atoms with Gasteiger partial charge in [-0.2, -0.15) is 8.42 Å². The summed E-state index contributed by atoms with van der Waals surface area (Å²) < 4.78 is 29.9. The maximum atomic E-state index is 12.1. The van der Waals surface area contributed by atoms with Crippen molar-refractivity contribution in [3.05, 3.63) is 46.2 Å². The molecular formula is C18H21N5O4S2. The first kappa shape index (κ1) is 20.8. The molecule has 0 bridgehead atoms. The van der Waals surface area contributed by atoms with Crippen LogP contribution >= 0.6 is 11.3 Å². The highest BCUT2D eigenvalue weighted by atomic mass is 32.2. The van der Waals surface area contributed by atoms with Crippen molar-refractivity contribution in [2.45, 2.75) is 19.4 Å². The van der Waals surface area contributed by atoms with Crippen LogP contribution in [-0.4, -0.2) is 50.1 Å². The van der Waals surface area contributed by atoms with E-state index in [2.05, 4.69) is 19.4 Å². The van der Waals surface area contributed by atoms with Crippen LogP contribution in [0.1, 0.15) is 34.6 Å². The average Bonchev–Trinajstić information content (AvgIpc) is 3.18. The molecule has 0 aliphatic carbocycles. The van der Waals surface area contributed by atoms with Gasteiger partial charge in [-0.15, -0.1) is 15.7 Å². The van der Waals surface area contributed by atoms with Gasteiger partial charge in [0.15, 0.2) is 17.4 Å². The van der Waals surface area contributed by atoms with Gasteiger partial charge in [-0.3, -0.25) is 9.79 Å². The lowest BCUT2D eigenvalue weighted by Gasteiger charge is -2.13. The molecule has 0 saturated carbocycles. The Balaban J connectivity index is 1.92. The van der Waals surface area contributed by atoms with E-state index in [1.165, 1.54) is 10.3 Å². The van der Waals surface area contributed by atoms with Crippen molar-refractivity contribution in [2.24, 2.45) is 9.39 Å². The number of amides is 1. The molecule has 3 N–H and O–H groups in total. The number of carbonyl (C=O) groups excluding carboxylic acids is 1. The number of aliphatic imine (C=N–C) groups is 1. The minimum absolute atomic E-state index is 0.0451. The normalized spacial score (nSPS) is 17.5. The molecule has 3 rings (SSSR count). The summed E-state index contributed by atoms with van der Waals surface area (Å²) in [6.45, 7) is 1.94. The van der Waals surface area contributed by atoms with E-state index in [9.17, 15) is 18.3 Å². The predicted molar refractivity (Wildman–Crippen MR) is 114 cm³/mol. The van der Waals surface area contributed by atoms with Crippen molar-refractivity contribution in [1.29, 1.82) is 0 Å². The Bertz CT molecular complexity index is 1070. The topological polar surface area (TPSA) is 123 Å². The Kier molecular flexibility index (Phi) is 5.89. The lowest BCUT2D eigenvalue weighted by atomic mass is 10.1. The second-order valence-corrected chi connectivity index (χ2v) is 8.70. The number of nitrogens with zero attached hydrogens (tertiary/aromatic N) is 3. The summed E-state index contributed by atoms with van der Waals surface area (Å²) in [6.07, 6.45) is 0.647. The van der Waals surface area contributed by atoms with Gasteiger partial charge in [-0.25, -0.2) is 4.72 Å². The highest BCUT2D eigenvalue weighted by Gasteiger charge is 2.29. The second kappa shape index (κ2) is 8.21. The van der Waals surface area contributed by atoms with E-state index in [-0.39, 0.29) is 39.9 Å². The van der Waals surface area contributed by atoms with Gasteiger partial charge in [0.25, 0.3) is 5.91 Å². The minimum atomic E-state index is -3.95. The van der Waals surface area contributed by atoms with Crippen LogP contribution in [0.15, 0.2) is 45.1 Å². The van der Waals surface area contributed by atoms with Crippen LogP contribution in [0, 0.1) is 0 Å². The maximum Gasteiger partial charge on any atom is 0.345 e. The molecule has 2 aromatic rings. The highest BCUT2D eigenvalue weighted by molar-refractivity contribution is 7.89. The zero-order valence-corrected chi connectivity index (χ0v) is 17.7. The van der Waals surface area contributed by atoms with Gasteiger partial charge in [-0.05, 0) is 12.0 Å². The third-order valence-electron chi connectivity index (χ3n) is 4.14. The first-order valence-electron chi connectivity index (χ1n) is 8.76. The van der Waals surface area contributed by atoms with Crippen molar-refractivity contribution < 1.29 is 18.3 Å². The Morgan fingerprint density at radius 3 is 2.66 bits per heavy atom. The van der Waals surface area contributed by atoms with Gasteiger partial charge in [0.2, 0.25) is 0 Å². The van der Waals surface area contributed by atoms with E-state index >= 15 is 0 Å². The van der Waals surface area contributed by atoms with Gasteiger partial charge in [0.1, 0.15) is 4.88 Å². The number of carbonyl (C=O) groups is 1. The molecule has 0 saturated heterocycles. The minimum Gasteiger partial charge on any atom is -0.504 e. The Labute approximate surface area is 173 Å². The van der Waals surface area contributed by atoms with Crippen LogP contribution in [0.25, 0.3) is 0 Å². The number of aromatic hydroxyl groups is 1. The quantitative estimate of drug-likeness (QED) is 0.665. The Morgan fingerprint density at radius 1 is 1.34 bits per heavy atom. The third-order valence-corrected chi connectivity index (χ3v) is 5.97. The second-order valence-electron chi connectivity index (χ2n) is 6.48. The van der Waals surface area contributed by atoms with Gasteiger partial charge >= 0.3 is 10.2 Å². The fourth-order valence-corrected chi connectivity index (χ4v) is 4.40. The van der Waals surface area contributed by atoms with Gasteiger partial charge < -0.3 is 15.3 Å². The number of thiophene rings is 1. The third kappa shape index (κ3) is 4.57. The number of benzene rings is 1. The number of hydrogen-bond acceptors (Lipinski definition) is 7. The molecule has 29 heavy (non-hydrogen) atoms. The van der Waals surface area contributed by atoms with E-state index in [4.69, 9.17) is 0 Å². The SMILES string of the molecule is CC[C@@H](N=C1NS(=O)(=O)N=C1Nc1csc(C(=O)N(C)C)c1O)c1ccccc1. The maximum absolute atomic E-state index is 12.1. The number of amidine groups is 2. The lowest BCUT2D eigenvalue weighted by Crippen LogP contribution is -2.31. The summed E-state index contributed by atoms with van der Waals surface area (Å²) in [6, 6.07) is 9.21. The zero-order chi connectivity index (χ0) is 21.2. The van der Waals surface area contributed by atoms with Crippen LogP contribution in [-0.2, 0) is 10.2 Å². The van der Waals surface area contributed by atoms with Crippen molar-refractivity contribution in [3.63, 3.8) is 0 Å². The van der Waals surface area contributed by atoms with E-state index in [1.54, 1.807) is 14.1 Å². The first-order chi connectivity index (χ1) is 13.7. The van der Waals surface area contributed by atoms with Gasteiger partial charge in [-0.1, -0.05) is 37.3 Å². The summed E-state index contributed by atoms with van der Waals surface area (Å²) in [7, 11) is -0.796. The molecular weight excluding hydrogens is 414 g/mol. The number of nitrogens with one attached hydrogen (secondary N) is 2. The smallest absolute Gasteiger partial charge is 0.345 e. The Morgan fingerprint density at radius 2 is 2.03 bits per heavy atom.